The number of carbonyl (C=O) groups excluding carboxylic acids is 1. The summed E-state index contributed by atoms with van der Waals surface area (Å²) in [5, 5.41) is 1.61. The molecule has 94 valence electrons. The molecule has 0 bridgehead atoms. The fourth-order valence-electron chi connectivity index (χ4n) is 1.52. The predicted octanol–water partition coefficient (Wildman–Crippen LogP) is 2.02. The molecule has 0 atom stereocenters. The van der Waals surface area contributed by atoms with E-state index in [4.69, 9.17) is 4.74 Å². The number of hydrogen-bond donors (Lipinski definition) is 1. The van der Waals surface area contributed by atoms with Crippen LogP contribution in [0.15, 0.2) is 18.2 Å². The largest absolute Gasteiger partial charge is 0.496 e. The van der Waals surface area contributed by atoms with Gasteiger partial charge >= 0.3 is 0 Å². The third-order valence-electron chi connectivity index (χ3n) is 2.46. The minimum absolute atomic E-state index is 0.165. The van der Waals surface area contributed by atoms with Crippen molar-refractivity contribution < 1.29 is 9.53 Å². The Kier molecular flexibility index (Phi) is 4.52. The van der Waals surface area contributed by atoms with Crippen molar-refractivity contribution in [3.05, 3.63) is 29.3 Å². The maximum Gasteiger partial charge on any atom is 0.269 e. The summed E-state index contributed by atoms with van der Waals surface area (Å²) in [7, 11) is 5.12. The lowest BCUT2D eigenvalue weighted by molar-refractivity contribution is 0.0853. The van der Waals surface area contributed by atoms with E-state index in [9.17, 15) is 4.79 Å². The standard InChI is InChI=1S/C13H20N2O2/c1-9(2)10-6-7-11(12(8-10)17-5)13(16)14-15(3)4/h6-9H,1-5H3,(H,14,16). The minimum atomic E-state index is -0.165. The number of ether oxygens (including phenoxy) is 1. The zero-order valence-corrected chi connectivity index (χ0v) is 11.1. The average molecular weight is 236 g/mol. The molecule has 0 heterocycles. The van der Waals surface area contributed by atoms with Gasteiger partial charge in [0, 0.05) is 14.1 Å². The maximum absolute atomic E-state index is 11.9. The highest BCUT2D eigenvalue weighted by atomic mass is 16.5. The van der Waals surface area contributed by atoms with E-state index in [0.29, 0.717) is 17.2 Å². The van der Waals surface area contributed by atoms with Crippen LogP contribution < -0.4 is 10.2 Å². The summed E-state index contributed by atoms with van der Waals surface area (Å²) in [4.78, 5) is 11.9. The van der Waals surface area contributed by atoms with Crippen LogP contribution in [-0.4, -0.2) is 32.1 Å². The number of carbonyl (C=O) groups is 1. The van der Waals surface area contributed by atoms with E-state index in [1.807, 2.05) is 12.1 Å². The van der Waals surface area contributed by atoms with Gasteiger partial charge in [0.2, 0.25) is 0 Å². The summed E-state index contributed by atoms with van der Waals surface area (Å²) >= 11 is 0. The fraction of sp³-hybridized carbons (Fsp3) is 0.462. The predicted molar refractivity (Wildman–Crippen MR) is 68.2 cm³/mol. The van der Waals surface area contributed by atoms with Gasteiger partial charge in [0.05, 0.1) is 12.7 Å². The lowest BCUT2D eigenvalue weighted by Crippen LogP contribution is -2.36. The monoisotopic (exact) mass is 236 g/mol. The first kappa shape index (κ1) is 13.5. The number of nitrogens with zero attached hydrogens (tertiary/aromatic N) is 1. The van der Waals surface area contributed by atoms with Crippen LogP contribution in [-0.2, 0) is 0 Å². The number of benzene rings is 1. The number of amides is 1. The van der Waals surface area contributed by atoms with Gasteiger partial charge in [-0.1, -0.05) is 19.9 Å². The van der Waals surface area contributed by atoms with Crippen LogP contribution in [0, 0.1) is 0 Å². The smallest absolute Gasteiger partial charge is 0.269 e. The van der Waals surface area contributed by atoms with Crippen molar-refractivity contribution in [2.24, 2.45) is 0 Å². The van der Waals surface area contributed by atoms with Crippen LogP contribution in [0.4, 0.5) is 0 Å². The third kappa shape index (κ3) is 3.46. The Labute approximate surface area is 103 Å². The van der Waals surface area contributed by atoms with E-state index < -0.39 is 0 Å². The molecular weight excluding hydrogens is 216 g/mol. The molecule has 1 N–H and O–H groups in total. The van der Waals surface area contributed by atoms with Gasteiger partial charge in [0.15, 0.2) is 0 Å². The van der Waals surface area contributed by atoms with Crippen LogP contribution in [0.5, 0.6) is 5.75 Å². The Balaban J connectivity index is 3.04. The third-order valence-corrected chi connectivity index (χ3v) is 2.46. The molecule has 17 heavy (non-hydrogen) atoms. The second kappa shape index (κ2) is 5.68. The first-order chi connectivity index (χ1) is 7.95. The van der Waals surface area contributed by atoms with E-state index in [1.165, 1.54) is 0 Å². The zero-order chi connectivity index (χ0) is 13.0. The molecule has 0 saturated carbocycles. The van der Waals surface area contributed by atoms with Gasteiger partial charge in [0.25, 0.3) is 5.91 Å². The first-order valence-corrected chi connectivity index (χ1v) is 5.62. The van der Waals surface area contributed by atoms with Crippen LogP contribution in [0.3, 0.4) is 0 Å². The van der Waals surface area contributed by atoms with E-state index in [-0.39, 0.29) is 5.91 Å². The van der Waals surface area contributed by atoms with Gasteiger partial charge in [-0.05, 0) is 23.6 Å². The second-order valence-electron chi connectivity index (χ2n) is 4.45. The van der Waals surface area contributed by atoms with E-state index >= 15 is 0 Å². The minimum Gasteiger partial charge on any atom is -0.496 e. The maximum atomic E-state index is 11.9. The highest BCUT2D eigenvalue weighted by molar-refractivity contribution is 5.96. The van der Waals surface area contributed by atoms with Crippen LogP contribution in [0.1, 0.15) is 35.7 Å². The van der Waals surface area contributed by atoms with Crippen molar-refractivity contribution in [1.82, 2.24) is 10.4 Å². The number of hydrogen-bond acceptors (Lipinski definition) is 3. The van der Waals surface area contributed by atoms with Crippen molar-refractivity contribution in [3.8, 4) is 5.75 Å². The fourth-order valence-corrected chi connectivity index (χ4v) is 1.52. The molecule has 0 aliphatic rings. The lowest BCUT2D eigenvalue weighted by Gasteiger charge is -2.15. The molecular formula is C13H20N2O2. The zero-order valence-electron chi connectivity index (χ0n) is 11.1. The molecule has 0 aliphatic carbocycles. The van der Waals surface area contributed by atoms with Crippen molar-refractivity contribution in [3.63, 3.8) is 0 Å². The normalized spacial score (nSPS) is 10.8. The summed E-state index contributed by atoms with van der Waals surface area (Å²) in [6, 6.07) is 5.67. The molecule has 0 unspecified atom stereocenters. The molecule has 4 heteroatoms. The number of hydrazine groups is 1. The Hall–Kier alpha value is -1.55. The highest BCUT2D eigenvalue weighted by Crippen LogP contribution is 2.24. The summed E-state index contributed by atoms with van der Waals surface area (Å²) in [6.07, 6.45) is 0. The average Bonchev–Trinajstić information content (AvgIpc) is 2.27. The molecule has 1 aromatic rings. The Morgan fingerprint density at radius 2 is 2.00 bits per heavy atom. The molecule has 1 aromatic carbocycles. The van der Waals surface area contributed by atoms with Gasteiger partial charge in [-0.3, -0.25) is 10.2 Å². The molecule has 1 amide bonds. The van der Waals surface area contributed by atoms with Gasteiger partial charge in [-0.25, -0.2) is 5.01 Å². The molecule has 0 radical (unpaired) electrons. The van der Waals surface area contributed by atoms with E-state index in [1.54, 1.807) is 32.3 Å². The number of nitrogens with one attached hydrogen (secondary N) is 1. The van der Waals surface area contributed by atoms with Crippen LogP contribution >= 0.6 is 0 Å². The highest BCUT2D eigenvalue weighted by Gasteiger charge is 2.14. The summed E-state index contributed by atoms with van der Waals surface area (Å²) in [5.41, 5.74) is 4.40. The summed E-state index contributed by atoms with van der Waals surface area (Å²) in [5.74, 6) is 0.854. The van der Waals surface area contributed by atoms with Gasteiger partial charge in [-0.15, -0.1) is 0 Å². The van der Waals surface area contributed by atoms with Crippen molar-refractivity contribution in [1.29, 1.82) is 0 Å². The quantitative estimate of drug-likeness (QED) is 0.813. The van der Waals surface area contributed by atoms with Gasteiger partial charge in [-0.2, -0.15) is 0 Å². The van der Waals surface area contributed by atoms with Crippen molar-refractivity contribution in [2.45, 2.75) is 19.8 Å². The van der Waals surface area contributed by atoms with E-state index in [0.717, 1.165) is 5.56 Å². The molecule has 0 spiro atoms. The molecule has 0 aliphatic heterocycles. The topological polar surface area (TPSA) is 41.6 Å². The molecule has 0 saturated heterocycles. The molecule has 4 nitrogen and oxygen atoms in total. The van der Waals surface area contributed by atoms with Crippen LogP contribution in [0.25, 0.3) is 0 Å². The van der Waals surface area contributed by atoms with Gasteiger partial charge in [0.1, 0.15) is 5.75 Å². The lowest BCUT2D eigenvalue weighted by atomic mass is 10.0. The molecule has 0 fully saturated rings. The van der Waals surface area contributed by atoms with Crippen molar-refractivity contribution in [2.75, 3.05) is 21.2 Å². The Morgan fingerprint density at radius 1 is 1.35 bits per heavy atom. The SMILES string of the molecule is COc1cc(C(C)C)ccc1C(=O)NN(C)C. The summed E-state index contributed by atoms with van der Waals surface area (Å²) in [6.45, 7) is 4.21. The second-order valence-corrected chi connectivity index (χ2v) is 4.45. The van der Waals surface area contributed by atoms with Crippen LogP contribution in [0.2, 0.25) is 0 Å². The van der Waals surface area contributed by atoms with E-state index in [2.05, 4.69) is 19.3 Å². The van der Waals surface area contributed by atoms with Gasteiger partial charge < -0.3 is 4.74 Å². The summed E-state index contributed by atoms with van der Waals surface area (Å²) < 4.78 is 5.26. The Bertz CT molecular complexity index is 400. The number of methoxy groups -OCH3 is 1. The molecule has 1 rings (SSSR count). The Morgan fingerprint density at radius 3 is 2.47 bits per heavy atom. The number of rotatable bonds is 4. The van der Waals surface area contributed by atoms with Crippen molar-refractivity contribution >= 4 is 5.91 Å². The first-order valence-electron chi connectivity index (χ1n) is 5.62. The molecule has 0 aromatic heterocycles.